The van der Waals surface area contributed by atoms with Gasteiger partial charge in [-0.3, -0.25) is 14.6 Å². The molecule has 1 atom stereocenters. The molecule has 0 radical (unpaired) electrons. The van der Waals surface area contributed by atoms with E-state index in [4.69, 9.17) is 0 Å². The Hall–Kier alpha value is -2.50. The minimum atomic E-state index is -0.501. The molecule has 5 nitrogen and oxygen atoms in total. The number of nitrogens with zero attached hydrogens (tertiary/aromatic N) is 2. The van der Waals surface area contributed by atoms with Crippen LogP contribution in [-0.4, -0.2) is 35.8 Å². The van der Waals surface area contributed by atoms with Crippen LogP contribution < -0.4 is 10.2 Å². The highest BCUT2D eigenvalue weighted by molar-refractivity contribution is 6.00. The van der Waals surface area contributed by atoms with Crippen LogP contribution in [0.5, 0.6) is 0 Å². The molecule has 1 aromatic heterocycles. The fraction of sp³-hybridized carbons (Fsp3) is 0.500. The normalized spacial score (nSPS) is 14.0. The van der Waals surface area contributed by atoms with Crippen molar-refractivity contribution in [3.63, 3.8) is 0 Å². The standard InChI is InChI=1S/C19H22FN3O2.C3H8/c1-3-5-16(12(2)24)22-19(25)14-8-13-9-15(20)18(23-6-4-7-23)10-17(13)21-11-14;1-3-2/h8-11,16H,3-7H2,1-2H3,(H,22,25);3H2,1-2H3/t16-;/m0./s1. The van der Waals surface area contributed by atoms with Crippen molar-refractivity contribution in [2.45, 2.75) is 59.4 Å². The second-order valence-corrected chi connectivity index (χ2v) is 7.19. The monoisotopic (exact) mass is 387 g/mol. The summed E-state index contributed by atoms with van der Waals surface area (Å²) in [5, 5.41) is 3.30. The highest BCUT2D eigenvalue weighted by Gasteiger charge is 2.20. The lowest BCUT2D eigenvalue weighted by molar-refractivity contribution is -0.118. The number of aromatic nitrogens is 1. The smallest absolute Gasteiger partial charge is 0.253 e. The molecule has 2 aromatic rings. The Bertz CT molecular complexity index is 834. The van der Waals surface area contributed by atoms with Gasteiger partial charge in [-0.25, -0.2) is 4.39 Å². The number of hydrogen-bond donors (Lipinski definition) is 1. The molecular weight excluding hydrogens is 357 g/mol. The van der Waals surface area contributed by atoms with Crippen molar-refractivity contribution in [2.75, 3.05) is 18.0 Å². The molecule has 0 aliphatic carbocycles. The van der Waals surface area contributed by atoms with E-state index in [0.717, 1.165) is 25.9 Å². The summed E-state index contributed by atoms with van der Waals surface area (Å²) in [5.74, 6) is -0.747. The predicted octanol–water partition coefficient (Wildman–Crippen LogP) is 4.49. The molecule has 1 aromatic carbocycles. The number of benzene rings is 1. The molecule has 0 unspecified atom stereocenters. The quantitative estimate of drug-likeness (QED) is 0.793. The zero-order chi connectivity index (χ0) is 20.7. The third kappa shape index (κ3) is 5.27. The van der Waals surface area contributed by atoms with E-state index in [2.05, 4.69) is 24.1 Å². The van der Waals surface area contributed by atoms with Gasteiger partial charge in [0.25, 0.3) is 5.91 Å². The maximum absolute atomic E-state index is 14.3. The van der Waals surface area contributed by atoms with Crippen molar-refractivity contribution < 1.29 is 14.0 Å². The van der Waals surface area contributed by atoms with Crippen LogP contribution in [0.15, 0.2) is 24.4 Å². The Labute approximate surface area is 166 Å². The van der Waals surface area contributed by atoms with Gasteiger partial charge in [-0.05, 0) is 38.0 Å². The van der Waals surface area contributed by atoms with E-state index in [1.807, 2.05) is 11.8 Å². The first-order chi connectivity index (χ1) is 13.4. The van der Waals surface area contributed by atoms with Crippen LogP contribution in [0.25, 0.3) is 10.9 Å². The van der Waals surface area contributed by atoms with Crippen molar-refractivity contribution in [3.05, 3.63) is 35.8 Å². The number of carbonyl (C=O) groups is 2. The van der Waals surface area contributed by atoms with Crippen molar-refractivity contribution >= 4 is 28.3 Å². The average molecular weight is 387 g/mol. The van der Waals surface area contributed by atoms with Gasteiger partial charge in [0.1, 0.15) is 5.82 Å². The van der Waals surface area contributed by atoms with Crippen LogP contribution in [0.3, 0.4) is 0 Å². The lowest BCUT2D eigenvalue weighted by Gasteiger charge is -2.33. The minimum absolute atomic E-state index is 0.0748. The summed E-state index contributed by atoms with van der Waals surface area (Å²) in [4.78, 5) is 30.3. The summed E-state index contributed by atoms with van der Waals surface area (Å²) in [7, 11) is 0. The van der Waals surface area contributed by atoms with E-state index < -0.39 is 6.04 Å². The number of carbonyl (C=O) groups excluding carboxylic acids is 2. The number of fused-ring (bicyclic) bond motifs is 1. The molecule has 0 bridgehead atoms. The molecule has 1 aliphatic heterocycles. The minimum Gasteiger partial charge on any atom is -0.369 e. The topological polar surface area (TPSA) is 62.3 Å². The van der Waals surface area contributed by atoms with Crippen molar-refractivity contribution in [2.24, 2.45) is 0 Å². The first kappa shape index (κ1) is 21.8. The molecule has 0 spiro atoms. The van der Waals surface area contributed by atoms with Crippen molar-refractivity contribution in [1.29, 1.82) is 0 Å². The zero-order valence-electron chi connectivity index (χ0n) is 17.2. The Morgan fingerprint density at radius 1 is 1.21 bits per heavy atom. The van der Waals surface area contributed by atoms with Gasteiger partial charge in [-0.2, -0.15) is 0 Å². The summed E-state index contributed by atoms with van der Waals surface area (Å²) < 4.78 is 14.3. The largest absolute Gasteiger partial charge is 0.369 e. The molecule has 1 aliphatic rings. The predicted molar refractivity (Wildman–Crippen MR) is 111 cm³/mol. The molecule has 152 valence electrons. The summed E-state index contributed by atoms with van der Waals surface area (Å²) in [6, 6.07) is 4.25. The molecule has 1 N–H and O–H groups in total. The van der Waals surface area contributed by atoms with E-state index in [1.165, 1.54) is 25.6 Å². The molecule has 3 rings (SSSR count). The molecule has 1 saturated heterocycles. The number of ketones is 1. The summed E-state index contributed by atoms with van der Waals surface area (Å²) in [6.45, 7) is 9.38. The highest BCUT2D eigenvalue weighted by Crippen LogP contribution is 2.28. The number of hydrogen-bond acceptors (Lipinski definition) is 4. The van der Waals surface area contributed by atoms with Gasteiger partial charge in [0.05, 0.1) is 22.8 Å². The van der Waals surface area contributed by atoms with Crippen molar-refractivity contribution in [3.8, 4) is 0 Å². The number of pyridine rings is 1. The number of Topliss-reactive ketones (excluding diaryl/α,β-unsaturated/α-hetero) is 1. The zero-order valence-corrected chi connectivity index (χ0v) is 17.2. The highest BCUT2D eigenvalue weighted by atomic mass is 19.1. The maximum atomic E-state index is 14.3. The van der Waals surface area contributed by atoms with E-state index >= 15 is 0 Å². The van der Waals surface area contributed by atoms with Crippen LogP contribution in [0.1, 0.15) is 63.7 Å². The molecule has 6 heteroatoms. The van der Waals surface area contributed by atoms with E-state index in [-0.39, 0.29) is 17.5 Å². The van der Waals surface area contributed by atoms with Crippen LogP contribution in [0.4, 0.5) is 10.1 Å². The third-order valence-corrected chi connectivity index (χ3v) is 4.58. The third-order valence-electron chi connectivity index (χ3n) is 4.58. The average Bonchev–Trinajstić information content (AvgIpc) is 2.60. The number of anilines is 1. The Kier molecular flexibility index (Phi) is 7.91. The van der Waals surface area contributed by atoms with Gasteiger partial charge < -0.3 is 10.2 Å². The van der Waals surface area contributed by atoms with Gasteiger partial charge in [0.2, 0.25) is 0 Å². The molecule has 2 heterocycles. The lowest BCUT2D eigenvalue weighted by Crippen LogP contribution is -2.39. The van der Waals surface area contributed by atoms with E-state index in [0.29, 0.717) is 28.6 Å². The molecule has 1 fully saturated rings. The first-order valence-electron chi connectivity index (χ1n) is 10.1. The Morgan fingerprint density at radius 3 is 2.43 bits per heavy atom. The van der Waals surface area contributed by atoms with Gasteiger partial charge in [-0.15, -0.1) is 0 Å². The van der Waals surface area contributed by atoms with Crippen LogP contribution in [0, 0.1) is 5.82 Å². The summed E-state index contributed by atoms with van der Waals surface area (Å²) in [6.07, 6.45) is 5.18. The van der Waals surface area contributed by atoms with Gasteiger partial charge in [0, 0.05) is 24.7 Å². The van der Waals surface area contributed by atoms with Crippen molar-refractivity contribution in [1.82, 2.24) is 10.3 Å². The summed E-state index contributed by atoms with van der Waals surface area (Å²) >= 11 is 0. The number of rotatable bonds is 6. The number of halogens is 1. The second-order valence-electron chi connectivity index (χ2n) is 7.19. The fourth-order valence-electron chi connectivity index (χ4n) is 2.97. The molecular formula is C22H30FN3O2. The van der Waals surface area contributed by atoms with E-state index in [9.17, 15) is 14.0 Å². The molecule has 28 heavy (non-hydrogen) atoms. The Morgan fingerprint density at radius 2 is 1.89 bits per heavy atom. The van der Waals surface area contributed by atoms with Crippen LogP contribution in [-0.2, 0) is 4.79 Å². The van der Waals surface area contributed by atoms with Gasteiger partial charge in [-0.1, -0.05) is 33.6 Å². The number of nitrogens with one attached hydrogen (secondary N) is 1. The second kappa shape index (κ2) is 10.2. The SMILES string of the molecule is CCC.CCC[C@H](NC(=O)c1cnc2cc(N3CCC3)c(F)cc2c1)C(C)=O. The van der Waals surface area contributed by atoms with Crippen LogP contribution >= 0.6 is 0 Å². The van der Waals surface area contributed by atoms with Gasteiger partial charge in [0.15, 0.2) is 5.78 Å². The molecule has 1 amide bonds. The Balaban J connectivity index is 0.000000878. The van der Waals surface area contributed by atoms with Gasteiger partial charge >= 0.3 is 0 Å². The fourth-order valence-corrected chi connectivity index (χ4v) is 2.97. The van der Waals surface area contributed by atoms with Crippen LogP contribution in [0.2, 0.25) is 0 Å². The molecule has 0 saturated carbocycles. The maximum Gasteiger partial charge on any atom is 0.253 e. The first-order valence-corrected chi connectivity index (χ1v) is 10.1. The lowest BCUT2D eigenvalue weighted by atomic mass is 10.1. The number of amides is 1. The van der Waals surface area contributed by atoms with E-state index in [1.54, 1.807) is 12.1 Å². The summed E-state index contributed by atoms with van der Waals surface area (Å²) in [5.41, 5.74) is 1.53.